The average Bonchev–Trinajstić information content (AvgIpc) is 2.26. The Hall–Kier alpha value is -0.470. The van der Waals surface area contributed by atoms with Crippen LogP contribution in [0.3, 0.4) is 0 Å². The van der Waals surface area contributed by atoms with E-state index >= 15 is 0 Å². The van der Waals surface area contributed by atoms with Crippen molar-refractivity contribution in [3.05, 3.63) is 32.9 Å². The molecule has 4 nitrogen and oxygen atoms in total. The number of aliphatic hydroxyl groups excluding tert-OH is 1. The molecular weight excluding hydrogens is 403 g/mol. The monoisotopic (exact) mass is 412 g/mol. The number of halogens is 2. The van der Waals surface area contributed by atoms with E-state index in [0.717, 1.165) is 3.57 Å². The lowest BCUT2D eigenvalue weighted by Crippen LogP contribution is -2.15. The summed E-state index contributed by atoms with van der Waals surface area (Å²) in [4.78, 5) is 21.5. The smallest absolute Gasteiger partial charge is 0.337 e. The van der Waals surface area contributed by atoms with E-state index in [9.17, 15) is 14.7 Å². The quantitative estimate of drug-likeness (QED) is 0.588. The molecule has 2 atom stereocenters. The van der Waals surface area contributed by atoms with Crippen molar-refractivity contribution < 1.29 is 19.8 Å². The zero-order chi connectivity index (χ0) is 13.2. The fraction of sp³-hybridized carbons (Fsp3) is 0.273. The van der Waals surface area contributed by atoms with Crippen molar-refractivity contribution >= 4 is 50.3 Å². The highest BCUT2D eigenvalue weighted by molar-refractivity contribution is 14.1. The van der Waals surface area contributed by atoms with E-state index in [4.69, 9.17) is 5.11 Å². The number of rotatable bonds is 4. The fourth-order valence-electron chi connectivity index (χ4n) is 1.37. The summed E-state index contributed by atoms with van der Waals surface area (Å²) in [6.45, 7) is 1.40. The number of carboxylic acids is 1. The number of carbonyl (C=O) groups is 2. The Labute approximate surface area is 120 Å². The molecule has 92 valence electrons. The van der Waals surface area contributed by atoms with E-state index < -0.39 is 16.9 Å². The Bertz CT molecular complexity index is 461. The minimum Gasteiger partial charge on any atom is -0.479 e. The summed E-state index contributed by atoms with van der Waals surface area (Å²) in [5.74, 6) is -1.48. The first-order chi connectivity index (χ1) is 7.84. The van der Waals surface area contributed by atoms with Crippen molar-refractivity contribution in [1.29, 1.82) is 0 Å². The Morgan fingerprint density at radius 1 is 1.35 bits per heavy atom. The Balaban J connectivity index is 3.30. The summed E-state index contributed by atoms with van der Waals surface area (Å²) >= 11 is 5.20. The van der Waals surface area contributed by atoms with E-state index in [2.05, 4.69) is 15.9 Å². The first-order valence-electron chi connectivity index (χ1n) is 4.69. The lowest BCUT2D eigenvalue weighted by atomic mass is 9.98. The van der Waals surface area contributed by atoms with Crippen LogP contribution in [0.4, 0.5) is 0 Å². The molecule has 0 aliphatic carbocycles. The molecule has 0 aliphatic heterocycles. The minimum atomic E-state index is -1.63. The van der Waals surface area contributed by atoms with E-state index in [-0.39, 0.29) is 11.3 Å². The van der Waals surface area contributed by atoms with Gasteiger partial charge in [0.25, 0.3) is 0 Å². The van der Waals surface area contributed by atoms with Crippen LogP contribution in [-0.4, -0.2) is 22.0 Å². The number of benzene rings is 1. The number of aliphatic carboxylic acids is 1. The number of hydrogen-bond acceptors (Lipinski definition) is 3. The first kappa shape index (κ1) is 14.6. The molecule has 0 heterocycles. The molecule has 0 radical (unpaired) electrons. The van der Waals surface area contributed by atoms with Crippen LogP contribution < -0.4 is 0 Å². The molecule has 6 heteroatoms. The lowest BCUT2D eigenvalue weighted by molar-refractivity contribution is -0.147. The maximum atomic E-state index is 11.3. The van der Waals surface area contributed by atoms with Gasteiger partial charge in [-0.3, -0.25) is 4.79 Å². The molecule has 0 bridgehead atoms. The van der Waals surface area contributed by atoms with E-state index in [1.54, 1.807) is 18.2 Å². The van der Waals surface area contributed by atoms with Crippen LogP contribution in [-0.2, 0) is 9.59 Å². The van der Waals surface area contributed by atoms with Crippen molar-refractivity contribution in [2.24, 2.45) is 0 Å². The Morgan fingerprint density at radius 3 is 2.41 bits per heavy atom. The fourth-order valence-corrected chi connectivity index (χ4v) is 2.30. The van der Waals surface area contributed by atoms with Crippen LogP contribution in [0.25, 0.3) is 0 Å². The summed E-state index contributed by atoms with van der Waals surface area (Å²) in [5, 5.41) is 18.4. The van der Waals surface area contributed by atoms with E-state index in [1.165, 1.54) is 6.92 Å². The van der Waals surface area contributed by atoms with Gasteiger partial charge in [0.15, 0.2) is 6.10 Å². The standard InChI is InChI=1S/C11H10BrIO4/c1-5(14)9(12)7-3-2-6(13)4-8(7)10(15)11(16)17/h2-4,9-10,15H,1H3,(H,16,17). The van der Waals surface area contributed by atoms with Crippen molar-refractivity contribution in [3.63, 3.8) is 0 Å². The minimum absolute atomic E-state index is 0.148. The predicted molar refractivity (Wildman–Crippen MR) is 74.1 cm³/mol. The second kappa shape index (κ2) is 5.92. The number of hydrogen-bond donors (Lipinski definition) is 2. The first-order valence-corrected chi connectivity index (χ1v) is 6.68. The van der Waals surface area contributed by atoms with E-state index in [1.807, 2.05) is 22.6 Å². The van der Waals surface area contributed by atoms with Crippen LogP contribution in [0, 0.1) is 3.57 Å². The second-order valence-electron chi connectivity index (χ2n) is 3.49. The molecule has 0 spiro atoms. The van der Waals surface area contributed by atoms with Gasteiger partial charge in [0.2, 0.25) is 0 Å². The maximum Gasteiger partial charge on any atom is 0.337 e. The van der Waals surface area contributed by atoms with Crippen molar-refractivity contribution in [1.82, 2.24) is 0 Å². The molecule has 17 heavy (non-hydrogen) atoms. The van der Waals surface area contributed by atoms with Gasteiger partial charge >= 0.3 is 5.97 Å². The number of carbonyl (C=O) groups excluding carboxylic acids is 1. The Morgan fingerprint density at radius 2 is 1.94 bits per heavy atom. The third-order valence-electron chi connectivity index (χ3n) is 2.21. The van der Waals surface area contributed by atoms with Crippen LogP contribution in [0.15, 0.2) is 18.2 Å². The SMILES string of the molecule is CC(=O)C(Br)c1ccc(I)cc1C(O)C(=O)O. The molecule has 0 aliphatic rings. The molecule has 0 saturated heterocycles. The highest BCUT2D eigenvalue weighted by Gasteiger charge is 2.24. The summed E-state index contributed by atoms with van der Waals surface area (Å²) in [6, 6.07) is 4.96. The normalized spacial score (nSPS) is 14.1. The Kier molecular flexibility index (Phi) is 5.08. The predicted octanol–water partition coefficient (Wildman–Crippen LogP) is 2.43. The van der Waals surface area contributed by atoms with Crippen molar-refractivity contribution in [2.75, 3.05) is 0 Å². The molecule has 0 aromatic heterocycles. The van der Waals surface area contributed by atoms with Gasteiger partial charge in [0, 0.05) is 3.57 Å². The van der Waals surface area contributed by atoms with Gasteiger partial charge in [-0.05, 0) is 52.8 Å². The average molecular weight is 413 g/mol. The topological polar surface area (TPSA) is 74.6 Å². The van der Waals surface area contributed by atoms with Crippen LogP contribution in [0.1, 0.15) is 29.0 Å². The molecule has 1 aromatic carbocycles. The van der Waals surface area contributed by atoms with Gasteiger partial charge in [-0.2, -0.15) is 0 Å². The molecule has 0 amide bonds. The molecule has 2 unspecified atom stereocenters. The lowest BCUT2D eigenvalue weighted by Gasteiger charge is -2.15. The van der Waals surface area contributed by atoms with Crippen molar-refractivity contribution in [3.8, 4) is 0 Å². The molecule has 1 aromatic rings. The largest absolute Gasteiger partial charge is 0.479 e. The third kappa shape index (κ3) is 3.49. The summed E-state index contributed by atoms with van der Waals surface area (Å²) in [6.07, 6.45) is -1.63. The third-order valence-corrected chi connectivity index (χ3v) is 4.02. The van der Waals surface area contributed by atoms with Crippen molar-refractivity contribution in [2.45, 2.75) is 17.9 Å². The van der Waals surface area contributed by atoms with Gasteiger partial charge in [0.05, 0.1) is 4.83 Å². The van der Waals surface area contributed by atoms with Gasteiger partial charge in [-0.25, -0.2) is 4.79 Å². The molecule has 2 N–H and O–H groups in total. The number of aliphatic hydroxyl groups is 1. The maximum absolute atomic E-state index is 11.3. The van der Waals surface area contributed by atoms with Gasteiger partial charge in [-0.1, -0.05) is 22.0 Å². The summed E-state index contributed by atoms with van der Waals surface area (Å²) < 4.78 is 0.796. The second-order valence-corrected chi connectivity index (χ2v) is 5.65. The van der Waals surface area contributed by atoms with E-state index in [0.29, 0.717) is 5.56 Å². The van der Waals surface area contributed by atoms with Crippen LogP contribution >= 0.6 is 38.5 Å². The van der Waals surface area contributed by atoms with Gasteiger partial charge in [-0.15, -0.1) is 0 Å². The van der Waals surface area contributed by atoms with Crippen LogP contribution in [0.5, 0.6) is 0 Å². The highest BCUT2D eigenvalue weighted by Crippen LogP contribution is 2.31. The summed E-state index contributed by atoms with van der Waals surface area (Å²) in [7, 11) is 0. The number of Topliss-reactive ketones (excluding diaryl/α,β-unsaturated/α-hetero) is 1. The van der Waals surface area contributed by atoms with Gasteiger partial charge in [0.1, 0.15) is 5.78 Å². The molecule has 1 rings (SSSR count). The van der Waals surface area contributed by atoms with Crippen LogP contribution in [0.2, 0.25) is 0 Å². The number of carboxylic acid groups (broad SMARTS) is 1. The zero-order valence-corrected chi connectivity index (χ0v) is 12.6. The molecule has 0 fully saturated rings. The number of ketones is 1. The van der Waals surface area contributed by atoms with Gasteiger partial charge < -0.3 is 10.2 Å². The molecule has 0 saturated carbocycles. The molecular formula is C11H10BrIO4. The highest BCUT2D eigenvalue weighted by atomic mass is 127. The number of alkyl halides is 1. The zero-order valence-electron chi connectivity index (χ0n) is 8.85. The summed E-state index contributed by atoms with van der Waals surface area (Å²) in [5.41, 5.74) is 0.717.